The number of aliphatic hydroxyl groups excluding tert-OH is 1. The van der Waals surface area contributed by atoms with E-state index in [0.717, 1.165) is 5.56 Å². The minimum absolute atomic E-state index is 0.0392. The van der Waals surface area contributed by atoms with E-state index in [1.807, 2.05) is 0 Å². The predicted molar refractivity (Wildman–Crippen MR) is 88.3 cm³/mol. The Balaban J connectivity index is 1.73. The minimum atomic E-state index is -2.39. The van der Waals surface area contributed by atoms with E-state index in [9.17, 15) is 15.3 Å². The van der Waals surface area contributed by atoms with Gasteiger partial charge in [-0.25, -0.2) is 0 Å². The van der Waals surface area contributed by atoms with Gasteiger partial charge in [-0.3, -0.25) is 4.90 Å². The molecule has 5 nitrogen and oxygen atoms in total. The predicted octanol–water partition coefficient (Wildman–Crippen LogP) is 1.09. The van der Waals surface area contributed by atoms with Crippen molar-refractivity contribution < 1.29 is 26.9 Å². The smallest absolute Gasteiger partial charge is 0.165 e. The van der Waals surface area contributed by atoms with Gasteiger partial charge in [0.1, 0.15) is 6.10 Å². The fourth-order valence-electron chi connectivity index (χ4n) is 5.72. The third-order valence-corrected chi connectivity index (χ3v) is 6.63. The summed E-state index contributed by atoms with van der Waals surface area (Å²) in [6.45, 7) is -3.12. The largest absolute Gasteiger partial charge is 0.504 e. The van der Waals surface area contributed by atoms with Crippen LogP contribution in [0.15, 0.2) is 24.7 Å². The van der Waals surface area contributed by atoms with Crippen molar-refractivity contribution in [1.82, 2.24) is 4.90 Å². The number of aromatic hydroxyl groups is 1. The molecule has 2 bridgehead atoms. The van der Waals surface area contributed by atoms with Gasteiger partial charge in [-0.2, -0.15) is 0 Å². The molecule has 5 rings (SSSR count). The Kier molecular flexibility index (Phi) is 1.97. The molecule has 0 aromatic heterocycles. The lowest BCUT2D eigenvalue weighted by Gasteiger charge is -2.63. The van der Waals surface area contributed by atoms with Gasteiger partial charge >= 0.3 is 0 Å². The van der Waals surface area contributed by atoms with Gasteiger partial charge in [0.05, 0.1) is 21.2 Å². The summed E-state index contributed by atoms with van der Waals surface area (Å²) in [5.74, 6) is 0.255. The maximum atomic E-state index is 12.0. The van der Waals surface area contributed by atoms with Crippen LogP contribution in [0.25, 0.3) is 0 Å². The molecule has 4 aliphatic rings. The van der Waals surface area contributed by atoms with Crippen LogP contribution in [0, 0.1) is 0 Å². The van der Waals surface area contributed by atoms with E-state index in [0.29, 0.717) is 11.3 Å². The average Bonchev–Trinajstić information content (AvgIpc) is 3.01. The highest BCUT2D eigenvalue weighted by molar-refractivity contribution is 5.62. The second-order valence-electron chi connectivity index (χ2n) is 7.39. The molecule has 2 aliphatic carbocycles. The standard InChI is InChI=1S/C19H23NO4/c1-2-8-20-9-7-18-15-11-3-4-12(21)16(15)24-17(18)13(22)5-6-19(18,23)14(20)10-11/h2-4,13-14,17,21-23H,1,5-10H2/t13-,14+,17-,18-,19+/m0/s1/i1D2,2D,8D2. The topological polar surface area (TPSA) is 73.2 Å². The first-order valence-electron chi connectivity index (χ1n) is 10.9. The van der Waals surface area contributed by atoms with E-state index in [1.54, 1.807) is 6.07 Å². The molecule has 1 spiro atoms. The molecule has 5 heteroatoms. The lowest BCUT2D eigenvalue weighted by atomic mass is 9.48. The first kappa shape index (κ1) is 10.4. The van der Waals surface area contributed by atoms with Gasteiger partial charge in [0.2, 0.25) is 0 Å². The molecule has 1 saturated carbocycles. The lowest BCUT2D eigenvalue weighted by molar-refractivity contribution is -0.206. The maximum absolute atomic E-state index is 12.0. The number of benzene rings is 1. The fourth-order valence-corrected chi connectivity index (χ4v) is 5.72. The first-order valence-corrected chi connectivity index (χ1v) is 8.39. The van der Waals surface area contributed by atoms with Crippen molar-refractivity contribution in [1.29, 1.82) is 0 Å². The molecule has 5 atom stereocenters. The highest BCUT2D eigenvalue weighted by Crippen LogP contribution is 2.65. The lowest BCUT2D eigenvalue weighted by Crippen LogP contribution is -2.77. The molecule has 2 aliphatic heterocycles. The van der Waals surface area contributed by atoms with Gasteiger partial charge in [0.15, 0.2) is 11.5 Å². The highest BCUT2D eigenvalue weighted by Gasteiger charge is 2.72. The summed E-state index contributed by atoms with van der Waals surface area (Å²) in [5.41, 5.74) is -0.875. The summed E-state index contributed by atoms with van der Waals surface area (Å²) in [7, 11) is 0. The van der Waals surface area contributed by atoms with Crippen LogP contribution in [-0.2, 0) is 11.8 Å². The Morgan fingerprint density at radius 3 is 3.25 bits per heavy atom. The van der Waals surface area contributed by atoms with Gasteiger partial charge in [-0.05, 0) is 43.9 Å². The summed E-state index contributed by atoms with van der Waals surface area (Å²) in [4.78, 5) is 1.40. The second kappa shape index (κ2) is 4.54. The molecule has 1 saturated heterocycles. The molecule has 0 radical (unpaired) electrons. The molecule has 0 amide bonds. The van der Waals surface area contributed by atoms with Crippen LogP contribution < -0.4 is 4.74 Å². The number of hydrogen-bond donors (Lipinski definition) is 3. The van der Waals surface area contributed by atoms with Gasteiger partial charge in [0.25, 0.3) is 0 Å². The van der Waals surface area contributed by atoms with Crippen LogP contribution >= 0.6 is 0 Å². The molecule has 128 valence electrons. The number of aliphatic hydroxyl groups is 2. The third kappa shape index (κ3) is 1.43. The molecule has 24 heavy (non-hydrogen) atoms. The van der Waals surface area contributed by atoms with E-state index in [-0.39, 0.29) is 38.0 Å². The minimum Gasteiger partial charge on any atom is -0.504 e. The number of rotatable bonds is 2. The normalized spacial score (nSPS) is 45.8. The zero-order valence-corrected chi connectivity index (χ0v) is 13.1. The molecule has 0 unspecified atom stereocenters. The van der Waals surface area contributed by atoms with E-state index in [2.05, 4.69) is 0 Å². The molecule has 2 heterocycles. The van der Waals surface area contributed by atoms with Crippen LogP contribution in [0.4, 0.5) is 0 Å². The Bertz CT molecular complexity index is 935. The fraction of sp³-hybridized carbons (Fsp3) is 0.579. The maximum Gasteiger partial charge on any atom is 0.165 e. The highest BCUT2D eigenvalue weighted by atomic mass is 16.5. The van der Waals surface area contributed by atoms with Gasteiger partial charge in [-0.15, -0.1) is 6.53 Å². The van der Waals surface area contributed by atoms with Crippen LogP contribution in [0.5, 0.6) is 11.5 Å². The Hall–Kier alpha value is -1.56. The molecule has 3 N–H and O–H groups in total. The van der Waals surface area contributed by atoms with Crippen LogP contribution in [0.2, 0.25) is 0 Å². The molecule has 1 aromatic carbocycles. The molecule has 2 fully saturated rings. The second-order valence-corrected chi connectivity index (χ2v) is 7.39. The number of nitrogens with zero attached hydrogens (tertiary/aromatic N) is 1. The van der Waals surface area contributed by atoms with Crippen molar-refractivity contribution in [3.8, 4) is 11.5 Å². The van der Waals surface area contributed by atoms with E-state index in [4.69, 9.17) is 11.6 Å². The average molecular weight is 334 g/mol. The Labute approximate surface area is 148 Å². The summed E-state index contributed by atoms with van der Waals surface area (Å²) in [6.07, 6.45) is -0.517. The molecular formula is C19H23NO4. The zero-order chi connectivity index (χ0) is 20.9. The quantitative estimate of drug-likeness (QED) is 0.706. The Morgan fingerprint density at radius 2 is 2.42 bits per heavy atom. The van der Waals surface area contributed by atoms with E-state index >= 15 is 0 Å². The van der Waals surface area contributed by atoms with Gasteiger partial charge in [-0.1, -0.05) is 12.1 Å². The van der Waals surface area contributed by atoms with E-state index < -0.39 is 48.3 Å². The number of phenolic OH excluding ortho intramolecular Hbond substituents is 1. The third-order valence-electron chi connectivity index (χ3n) is 6.63. The van der Waals surface area contributed by atoms with Crippen molar-refractivity contribution in [2.45, 2.75) is 54.9 Å². The SMILES string of the molecule is [2H]C([2H])=C([2H])C([2H])([2H])N1CC[C@]23c4c5ccc(O)c4O[C@H]2[C@@H](O)CC[C@@]3(O)[C@H]1C5. The number of ether oxygens (including phenoxy) is 1. The summed E-state index contributed by atoms with van der Waals surface area (Å²) in [6, 6.07) is 1.79. The van der Waals surface area contributed by atoms with Crippen LogP contribution in [0.3, 0.4) is 0 Å². The number of hydrogen-bond acceptors (Lipinski definition) is 5. The van der Waals surface area contributed by atoms with Crippen molar-refractivity contribution in [2.24, 2.45) is 0 Å². The van der Waals surface area contributed by atoms with Crippen LogP contribution in [-0.4, -0.2) is 57.1 Å². The van der Waals surface area contributed by atoms with Crippen molar-refractivity contribution in [3.63, 3.8) is 0 Å². The number of likely N-dealkylation sites (tertiary alicyclic amines) is 1. The van der Waals surface area contributed by atoms with Crippen molar-refractivity contribution in [3.05, 3.63) is 35.8 Å². The van der Waals surface area contributed by atoms with Crippen molar-refractivity contribution in [2.75, 3.05) is 13.0 Å². The number of phenols is 1. The van der Waals surface area contributed by atoms with Gasteiger partial charge < -0.3 is 20.1 Å². The van der Waals surface area contributed by atoms with Crippen molar-refractivity contribution >= 4 is 0 Å². The summed E-state index contributed by atoms with van der Waals surface area (Å²) >= 11 is 0. The molecular weight excluding hydrogens is 306 g/mol. The van der Waals surface area contributed by atoms with E-state index in [1.165, 1.54) is 11.0 Å². The van der Waals surface area contributed by atoms with Gasteiger partial charge in [0, 0.05) is 20.8 Å². The number of piperidine rings is 1. The summed E-state index contributed by atoms with van der Waals surface area (Å²) in [5, 5.41) is 33.1. The summed E-state index contributed by atoms with van der Waals surface area (Å²) < 4.78 is 45.7. The zero-order valence-electron chi connectivity index (χ0n) is 18.1. The Morgan fingerprint density at radius 1 is 1.54 bits per heavy atom. The molecule has 1 aromatic rings. The monoisotopic (exact) mass is 334 g/mol. The first-order chi connectivity index (χ1) is 13.6. The van der Waals surface area contributed by atoms with Crippen LogP contribution in [0.1, 0.15) is 37.2 Å².